The highest BCUT2D eigenvalue weighted by molar-refractivity contribution is 8.00. The molecule has 0 unspecified atom stereocenters. The van der Waals surface area contributed by atoms with E-state index in [0.29, 0.717) is 25.5 Å². The zero-order valence-electron chi connectivity index (χ0n) is 13.5. The lowest BCUT2D eigenvalue weighted by atomic mass is 10.1. The molecule has 0 atom stereocenters. The summed E-state index contributed by atoms with van der Waals surface area (Å²) in [6, 6.07) is 16.1. The third-order valence-corrected chi connectivity index (χ3v) is 4.68. The van der Waals surface area contributed by atoms with Gasteiger partial charge in [-0.1, -0.05) is 30.3 Å². The Balaban J connectivity index is 1.36. The summed E-state index contributed by atoms with van der Waals surface area (Å²) in [5, 5.41) is 2.97. The molecule has 0 spiro atoms. The van der Waals surface area contributed by atoms with Crippen molar-refractivity contribution in [3.8, 4) is 11.5 Å². The Labute approximate surface area is 146 Å². The number of hydrogen-bond donors (Lipinski definition) is 1. The van der Waals surface area contributed by atoms with Gasteiger partial charge in [-0.3, -0.25) is 4.79 Å². The standard InChI is InChI=1S/C19H21NO3S/c21-19(20-10-4-7-15-5-2-1-3-6-15)14-24-16-8-9-17-18(13-16)23-12-11-22-17/h1-3,5-6,8-9,13H,4,7,10-12,14H2,(H,20,21). The van der Waals surface area contributed by atoms with Crippen LogP contribution in [0.5, 0.6) is 11.5 Å². The van der Waals surface area contributed by atoms with E-state index in [2.05, 4.69) is 17.4 Å². The summed E-state index contributed by atoms with van der Waals surface area (Å²) in [4.78, 5) is 12.9. The fourth-order valence-corrected chi connectivity index (χ4v) is 3.23. The number of hydrogen-bond acceptors (Lipinski definition) is 4. The van der Waals surface area contributed by atoms with Crippen LogP contribution in [0.25, 0.3) is 0 Å². The first kappa shape index (κ1) is 16.7. The van der Waals surface area contributed by atoms with Crippen molar-refractivity contribution >= 4 is 17.7 Å². The van der Waals surface area contributed by atoms with E-state index >= 15 is 0 Å². The third kappa shape index (κ3) is 4.93. The first-order valence-electron chi connectivity index (χ1n) is 8.14. The van der Waals surface area contributed by atoms with E-state index in [1.54, 1.807) is 0 Å². The maximum atomic E-state index is 11.9. The van der Waals surface area contributed by atoms with Gasteiger partial charge in [0, 0.05) is 11.4 Å². The number of fused-ring (bicyclic) bond motifs is 1. The highest BCUT2D eigenvalue weighted by Gasteiger charge is 2.12. The monoisotopic (exact) mass is 343 g/mol. The summed E-state index contributed by atoms with van der Waals surface area (Å²) >= 11 is 1.51. The van der Waals surface area contributed by atoms with Gasteiger partial charge in [0.25, 0.3) is 0 Å². The maximum Gasteiger partial charge on any atom is 0.230 e. The molecule has 1 amide bonds. The summed E-state index contributed by atoms with van der Waals surface area (Å²) in [6.45, 7) is 1.86. The Morgan fingerprint density at radius 2 is 1.83 bits per heavy atom. The predicted octanol–water partition coefficient (Wildman–Crippen LogP) is 3.30. The van der Waals surface area contributed by atoms with Crippen LogP contribution in [0.4, 0.5) is 0 Å². The summed E-state index contributed by atoms with van der Waals surface area (Å²) < 4.78 is 11.0. The normalized spacial score (nSPS) is 12.7. The number of carbonyl (C=O) groups excluding carboxylic acids is 1. The van der Waals surface area contributed by atoms with E-state index in [9.17, 15) is 4.79 Å². The van der Waals surface area contributed by atoms with Crippen molar-refractivity contribution in [1.82, 2.24) is 5.32 Å². The fraction of sp³-hybridized carbons (Fsp3) is 0.316. The first-order valence-corrected chi connectivity index (χ1v) is 9.13. The topological polar surface area (TPSA) is 47.6 Å². The average molecular weight is 343 g/mol. The molecule has 0 aliphatic carbocycles. The van der Waals surface area contributed by atoms with Gasteiger partial charge < -0.3 is 14.8 Å². The van der Waals surface area contributed by atoms with E-state index < -0.39 is 0 Å². The number of nitrogens with one attached hydrogen (secondary N) is 1. The van der Waals surface area contributed by atoms with Crippen LogP contribution in [0.1, 0.15) is 12.0 Å². The summed E-state index contributed by atoms with van der Waals surface area (Å²) in [7, 11) is 0. The largest absolute Gasteiger partial charge is 0.486 e. The molecule has 0 radical (unpaired) electrons. The van der Waals surface area contributed by atoms with E-state index in [0.717, 1.165) is 29.2 Å². The molecule has 4 nitrogen and oxygen atoms in total. The average Bonchev–Trinajstić information content (AvgIpc) is 2.64. The predicted molar refractivity (Wildman–Crippen MR) is 95.9 cm³/mol. The molecule has 24 heavy (non-hydrogen) atoms. The Hall–Kier alpha value is -2.14. The molecule has 2 aromatic carbocycles. The highest BCUT2D eigenvalue weighted by atomic mass is 32.2. The molecule has 0 saturated heterocycles. The zero-order valence-corrected chi connectivity index (χ0v) is 14.3. The molecular formula is C19H21NO3S. The summed E-state index contributed by atoms with van der Waals surface area (Å²) in [5.41, 5.74) is 1.30. The molecule has 1 aliphatic rings. The molecule has 1 N–H and O–H groups in total. The third-order valence-electron chi connectivity index (χ3n) is 3.69. The van der Waals surface area contributed by atoms with Crippen LogP contribution < -0.4 is 14.8 Å². The molecule has 1 heterocycles. The lowest BCUT2D eigenvalue weighted by Crippen LogP contribution is -2.26. The minimum Gasteiger partial charge on any atom is -0.486 e. The Kier molecular flexibility index (Phi) is 6.01. The smallest absolute Gasteiger partial charge is 0.230 e. The van der Waals surface area contributed by atoms with Crippen molar-refractivity contribution in [2.45, 2.75) is 17.7 Å². The molecule has 1 aliphatic heterocycles. The van der Waals surface area contributed by atoms with Crippen LogP contribution in [0, 0.1) is 0 Å². The first-order chi connectivity index (χ1) is 11.8. The second kappa shape index (κ2) is 8.64. The van der Waals surface area contributed by atoms with Gasteiger partial charge in [0.1, 0.15) is 13.2 Å². The van der Waals surface area contributed by atoms with E-state index in [1.165, 1.54) is 17.3 Å². The van der Waals surface area contributed by atoms with Gasteiger partial charge in [-0.2, -0.15) is 0 Å². The minimum atomic E-state index is 0.0583. The van der Waals surface area contributed by atoms with Crippen molar-refractivity contribution < 1.29 is 14.3 Å². The van der Waals surface area contributed by atoms with E-state index in [-0.39, 0.29) is 5.91 Å². The van der Waals surface area contributed by atoms with Crippen molar-refractivity contribution in [3.63, 3.8) is 0 Å². The molecule has 0 bridgehead atoms. The Morgan fingerprint density at radius 1 is 1.04 bits per heavy atom. The lowest BCUT2D eigenvalue weighted by Gasteiger charge is -2.18. The zero-order chi connectivity index (χ0) is 16.6. The van der Waals surface area contributed by atoms with Crippen molar-refractivity contribution in [2.75, 3.05) is 25.5 Å². The molecule has 2 aromatic rings. The van der Waals surface area contributed by atoms with E-state index in [1.807, 2.05) is 36.4 Å². The van der Waals surface area contributed by atoms with Crippen molar-refractivity contribution in [2.24, 2.45) is 0 Å². The lowest BCUT2D eigenvalue weighted by molar-refractivity contribution is -0.118. The maximum absolute atomic E-state index is 11.9. The van der Waals surface area contributed by atoms with E-state index in [4.69, 9.17) is 9.47 Å². The van der Waals surface area contributed by atoms with Gasteiger partial charge in [-0.05, 0) is 36.6 Å². The summed E-state index contributed by atoms with van der Waals surface area (Å²) in [5.74, 6) is 2.00. The van der Waals surface area contributed by atoms with Gasteiger partial charge >= 0.3 is 0 Å². The molecule has 0 saturated carbocycles. The molecule has 126 valence electrons. The number of benzene rings is 2. The number of aryl methyl sites for hydroxylation is 1. The fourth-order valence-electron chi connectivity index (χ4n) is 2.48. The second-order valence-corrected chi connectivity index (χ2v) is 6.58. The number of ether oxygens (including phenoxy) is 2. The number of amides is 1. The van der Waals surface area contributed by atoms with Crippen molar-refractivity contribution in [3.05, 3.63) is 54.1 Å². The van der Waals surface area contributed by atoms with Crippen LogP contribution in [-0.4, -0.2) is 31.4 Å². The number of rotatable bonds is 7. The number of carbonyl (C=O) groups is 1. The van der Waals surface area contributed by atoms with Gasteiger partial charge in [-0.15, -0.1) is 11.8 Å². The summed E-state index contributed by atoms with van der Waals surface area (Å²) in [6.07, 6.45) is 1.93. The Bertz CT molecular complexity index is 676. The van der Waals surface area contributed by atoms with Crippen molar-refractivity contribution in [1.29, 1.82) is 0 Å². The van der Waals surface area contributed by atoms with Gasteiger partial charge in [0.15, 0.2) is 11.5 Å². The van der Waals surface area contributed by atoms with Crippen LogP contribution >= 0.6 is 11.8 Å². The second-order valence-electron chi connectivity index (χ2n) is 5.53. The minimum absolute atomic E-state index is 0.0583. The van der Waals surface area contributed by atoms with Crippen LogP contribution in [0.15, 0.2) is 53.4 Å². The van der Waals surface area contributed by atoms with Gasteiger partial charge in [-0.25, -0.2) is 0 Å². The quantitative estimate of drug-likeness (QED) is 0.619. The highest BCUT2D eigenvalue weighted by Crippen LogP contribution is 2.34. The molecular weight excluding hydrogens is 322 g/mol. The molecule has 5 heteroatoms. The van der Waals surface area contributed by atoms with Crippen LogP contribution in [0.2, 0.25) is 0 Å². The van der Waals surface area contributed by atoms with Gasteiger partial charge in [0.05, 0.1) is 5.75 Å². The molecule has 0 aromatic heterocycles. The van der Waals surface area contributed by atoms with Crippen LogP contribution in [-0.2, 0) is 11.2 Å². The van der Waals surface area contributed by atoms with Gasteiger partial charge in [0.2, 0.25) is 5.91 Å². The number of thioether (sulfide) groups is 1. The van der Waals surface area contributed by atoms with Crippen LogP contribution in [0.3, 0.4) is 0 Å². The molecule has 0 fully saturated rings. The molecule has 3 rings (SSSR count). The SMILES string of the molecule is O=C(CSc1ccc2c(c1)OCCO2)NCCCc1ccccc1. The Morgan fingerprint density at radius 3 is 2.67 bits per heavy atom.